The molecule has 2 rings (SSSR count). The van der Waals surface area contributed by atoms with Gasteiger partial charge in [0.05, 0.1) is 0 Å². The maximum atomic E-state index is 13.3. The molecular weight excluding hydrogens is 375 g/mol. The lowest BCUT2D eigenvalue weighted by Crippen LogP contribution is -2.06. The molecule has 0 aromatic heterocycles. The molecule has 0 amide bonds. The van der Waals surface area contributed by atoms with Crippen LogP contribution >= 0.6 is 31.9 Å². The first kappa shape index (κ1) is 14.4. The summed E-state index contributed by atoms with van der Waals surface area (Å²) in [7, 11) is 0. The minimum absolute atomic E-state index is 0.181. The van der Waals surface area contributed by atoms with E-state index in [9.17, 15) is 9.18 Å². The van der Waals surface area contributed by atoms with Crippen LogP contribution in [0.15, 0.2) is 39.3 Å². The van der Waals surface area contributed by atoms with Gasteiger partial charge in [0.25, 0.3) is 0 Å². The van der Waals surface area contributed by atoms with Crippen LogP contribution in [-0.2, 0) is 0 Å². The first-order valence-electron chi connectivity index (χ1n) is 5.66. The number of rotatable bonds is 2. The van der Waals surface area contributed by atoms with Crippen LogP contribution in [0.3, 0.4) is 0 Å². The van der Waals surface area contributed by atoms with Crippen LogP contribution in [0.2, 0.25) is 0 Å². The average Bonchev–Trinajstić information content (AvgIpc) is 2.36. The highest BCUT2D eigenvalue weighted by Crippen LogP contribution is 2.26. The van der Waals surface area contributed by atoms with Crippen LogP contribution in [0.25, 0.3) is 0 Å². The summed E-state index contributed by atoms with van der Waals surface area (Å²) in [4.78, 5) is 12.5. The molecule has 98 valence electrons. The normalized spacial score (nSPS) is 10.6. The minimum atomic E-state index is -0.418. The molecule has 0 saturated heterocycles. The van der Waals surface area contributed by atoms with Crippen molar-refractivity contribution in [1.82, 2.24) is 0 Å². The molecule has 0 aliphatic carbocycles. The van der Waals surface area contributed by atoms with Gasteiger partial charge < -0.3 is 0 Å². The van der Waals surface area contributed by atoms with E-state index in [0.29, 0.717) is 15.6 Å². The van der Waals surface area contributed by atoms with Crippen molar-refractivity contribution in [3.63, 3.8) is 0 Å². The average molecular weight is 386 g/mol. The Labute approximate surface area is 128 Å². The summed E-state index contributed by atoms with van der Waals surface area (Å²) in [5, 5.41) is 0. The second kappa shape index (κ2) is 5.55. The van der Waals surface area contributed by atoms with E-state index in [1.54, 1.807) is 6.07 Å². The predicted octanol–water partition coefficient (Wildman–Crippen LogP) is 5.20. The summed E-state index contributed by atoms with van der Waals surface area (Å²) in [6.07, 6.45) is 0. The van der Waals surface area contributed by atoms with E-state index in [1.165, 1.54) is 12.1 Å². The minimum Gasteiger partial charge on any atom is -0.289 e. The second-order valence-electron chi connectivity index (χ2n) is 4.37. The third kappa shape index (κ3) is 2.95. The number of halogens is 3. The molecule has 0 radical (unpaired) electrons. The molecule has 0 N–H and O–H groups in total. The fraction of sp³-hybridized carbons (Fsp3) is 0.133. The zero-order chi connectivity index (χ0) is 14.2. The molecule has 0 unspecified atom stereocenters. The number of carbonyl (C=O) groups excluding carboxylic acids is 1. The molecule has 0 saturated carbocycles. The summed E-state index contributed by atoms with van der Waals surface area (Å²) in [6.45, 7) is 3.78. The van der Waals surface area contributed by atoms with Gasteiger partial charge in [0.15, 0.2) is 5.78 Å². The van der Waals surface area contributed by atoms with Crippen LogP contribution in [-0.4, -0.2) is 5.78 Å². The molecule has 0 atom stereocenters. The first-order chi connectivity index (χ1) is 8.90. The number of benzene rings is 2. The van der Waals surface area contributed by atoms with Gasteiger partial charge in [0.1, 0.15) is 5.82 Å². The number of carbonyl (C=O) groups is 1. The van der Waals surface area contributed by atoms with Crippen molar-refractivity contribution >= 4 is 37.6 Å². The Balaban J connectivity index is 2.56. The Morgan fingerprint density at radius 2 is 1.63 bits per heavy atom. The van der Waals surface area contributed by atoms with Crippen molar-refractivity contribution in [1.29, 1.82) is 0 Å². The summed E-state index contributed by atoms with van der Waals surface area (Å²) in [5.41, 5.74) is 2.76. The lowest BCUT2D eigenvalue weighted by molar-refractivity contribution is 0.103. The van der Waals surface area contributed by atoms with Gasteiger partial charge in [0, 0.05) is 20.1 Å². The van der Waals surface area contributed by atoms with Crippen LogP contribution in [0.1, 0.15) is 27.0 Å². The van der Waals surface area contributed by atoms with E-state index in [1.807, 2.05) is 26.0 Å². The summed E-state index contributed by atoms with van der Waals surface area (Å²) >= 11 is 6.72. The SMILES string of the molecule is Cc1cc(C(=O)c2cc(F)ccc2Br)c(C)cc1Br. The van der Waals surface area contributed by atoms with Gasteiger partial charge in [-0.2, -0.15) is 0 Å². The van der Waals surface area contributed by atoms with E-state index in [0.717, 1.165) is 15.6 Å². The van der Waals surface area contributed by atoms with Crippen molar-refractivity contribution < 1.29 is 9.18 Å². The number of hydrogen-bond acceptors (Lipinski definition) is 1. The summed E-state index contributed by atoms with van der Waals surface area (Å²) in [5.74, 6) is -0.600. The van der Waals surface area contributed by atoms with Gasteiger partial charge in [-0.25, -0.2) is 4.39 Å². The third-order valence-electron chi connectivity index (χ3n) is 2.92. The van der Waals surface area contributed by atoms with Crippen LogP contribution < -0.4 is 0 Å². The van der Waals surface area contributed by atoms with Gasteiger partial charge in [0.2, 0.25) is 0 Å². The molecule has 0 bridgehead atoms. The van der Waals surface area contributed by atoms with Gasteiger partial charge >= 0.3 is 0 Å². The fourth-order valence-corrected chi connectivity index (χ4v) is 2.73. The van der Waals surface area contributed by atoms with Crippen LogP contribution in [0, 0.1) is 19.7 Å². The largest absolute Gasteiger partial charge is 0.289 e. The van der Waals surface area contributed by atoms with Crippen molar-refractivity contribution in [2.45, 2.75) is 13.8 Å². The number of ketones is 1. The molecule has 4 heteroatoms. The van der Waals surface area contributed by atoms with Gasteiger partial charge in [-0.15, -0.1) is 0 Å². The Kier molecular flexibility index (Phi) is 4.21. The highest BCUT2D eigenvalue weighted by molar-refractivity contribution is 9.10. The maximum Gasteiger partial charge on any atom is 0.194 e. The standard InChI is InChI=1S/C15H11Br2FO/c1-8-6-14(17)9(2)5-11(8)15(19)12-7-10(18)3-4-13(12)16/h3-7H,1-2H3. The molecule has 2 aromatic carbocycles. The van der Waals surface area contributed by atoms with Crippen molar-refractivity contribution in [2.24, 2.45) is 0 Å². The second-order valence-corrected chi connectivity index (χ2v) is 6.08. The molecule has 1 nitrogen and oxygen atoms in total. The van der Waals surface area contributed by atoms with Crippen molar-refractivity contribution in [2.75, 3.05) is 0 Å². The molecular formula is C15H11Br2FO. The number of hydrogen-bond donors (Lipinski definition) is 0. The van der Waals surface area contributed by atoms with E-state index in [2.05, 4.69) is 31.9 Å². The zero-order valence-corrected chi connectivity index (χ0v) is 13.6. The fourth-order valence-electron chi connectivity index (χ4n) is 1.84. The van der Waals surface area contributed by atoms with E-state index in [-0.39, 0.29) is 5.78 Å². The smallest absolute Gasteiger partial charge is 0.194 e. The van der Waals surface area contributed by atoms with E-state index in [4.69, 9.17) is 0 Å². The maximum absolute atomic E-state index is 13.3. The predicted molar refractivity (Wildman–Crippen MR) is 81.1 cm³/mol. The van der Waals surface area contributed by atoms with Crippen LogP contribution in [0.4, 0.5) is 4.39 Å². The Morgan fingerprint density at radius 3 is 2.32 bits per heavy atom. The Bertz CT molecular complexity index is 665. The summed E-state index contributed by atoms with van der Waals surface area (Å²) < 4.78 is 14.8. The highest BCUT2D eigenvalue weighted by atomic mass is 79.9. The van der Waals surface area contributed by atoms with Crippen molar-refractivity contribution in [3.05, 3.63) is 67.3 Å². The van der Waals surface area contributed by atoms with E-state index < -0.39 is 5.82 Å². The number of aryl methyl sites for hydroxylation is 2. The molecule has 0 heterocycles. The van der Waals surface area contributed by atoms with Crippen molar-refractivity contribution in [3.8, 4) is 0 Å². The monoisotopic (exact) mass is 384 g/mol. The topological polar surface area (TPSA) is 17.1 Å². The first-order valence-corrected chi connectivity index (χ1v) is 7.25. The van der Waals surface area contributed by atoms with Gasteiger partial charge in [-0.05, 0) is 55.3 Å². The molecule has 0 fully saturated rings. The molecule has 0 spiro atoms. The highest BCUT2D eigenvalue weighted by Gasteiger charge is 2.16. The molecule has 19 heavy (non-hydrogen) atoms. The Hall–Kier alpha value is -1.000. The van der Waals surface area contributed by atoms with Gasteiger partial charge in [-0.3, -0.25) is 4.79 Å². The summed E-state index contributed by atoms with van der Waals surface area (Å²) in [6, 6.07) is 7.84. The lowest BCUT2D eigenvalue weighted by Gasteiger charge is -2.09. The van der Waals surface area contributed by atoms with E-state index >= 15 is 0 Å². The third-order valence-corrected chi connectivity index (χ3v) is 4.47. The molecule has 0 aliphatic rings. The quantitative estimate of drug-likeness (QED) is 0.649. The zero-order valence-electron chi connectivity index (χ0n) is 10.4. The Morgan fingerprint density at radius 1 is 0.947 bits per heavy atom. The lowest BCUT2D eigenvalue weighted by atomic mass is 9.97. The van der Waals surface area contributed by atoms with Crippen LogP contribution in [0.5, 0.6) is 0 Å². The molecule has 2 aromatic rings. The van der Waals surface area contributed by atoms with Gasteiger partial charge in [-0.1, -0.05) is 31.9 Å². The molecule has 0 aliphatic heterocycles.